The third-order valence-corrected chi connectivity index (χ3v) is 6.13. The Hall–Kier alpha value is -4.58. The van der Waals surface area contributed by atoms with Crippen molar-refractivity contribution in [1.82, 2.24) is 0 Å². The molecular weight excluding hydrogens is 438 g/mol. The Morgan fingerprint density at radius 2 is 1.46 bits per heavy atom. The summed E-state index contributed by atoms with van der Waals surface area (Å²) >= 11 is 0. The van der Waals surface area contributed by atoms with E-state index in [4.69, 9.17) is 4.74 Å². The molecule has 35 heavy (non-hydrogen) atoms. The summed E-state index contributed by atoms with van der Waals surface area (Å²) in [5.41, 5.74) is 3.28. The first-order chi connectivity index (χ1) is 17.0. The number of rotatable bonds is 6. The van der Waals surface area contributed by atoms with Gasteiger partial charge in [0.25, 0.3) is 11.8 Å². The Balaban J connectivity index is 1.65. The van der Waals surface area contributed by atoms with Gasteiger partial charge in [0, 0.05) is 36.4 Å². The van der Waals surface area contributed by atoms with Gasteiger partial charge in [0.15, 0.2) is 0 Å². The van der Waals surface area contributed by atoms with Crippen molar-refractivity contribution in [2.45, 2.75) is 0 Å². The van der Waals surface area contributed by atoms with Crippen molar-refractivity contribution in [3.8, 4) is 5.75 Å². The van der Waals surface area contributed by atoms with E-state index in [2.05, 4.69) is 5.32 Å². The minimum atomic E-state index is -0.415. The molecule has 1 N–H and O–H groups in total. The van der Waals surface area contributed by atoms with Crippen LogP contribution in [0.1, 0.15) is 5.56 Å². The van der Waals surface area contributed by atoms with E-state index in [-0.39, 0.29) is 11.3 Å². The van der Waals surface area contributed by atoms with Gasteiger partial charge in [-0.05, 0) is 41.8 Å². The van der Waals surface area contributed by atoms with Crippen LogP contribution >= 0.6 is 0 Å². The molecule has 2 amide bonds. The second kappa shape index (κ2) is 8.99. The number of hydrogen-bond donors (Lipinski definition) is 1. The summed E-state index contributed by atoms with van der Waals surface area (Å²) in [6.45, 7) is 0. The summed E-state index contributed by atoms with van der Waals surface area (Å²) in [7, 11) is 5.43. The summed E-state index contributed by atoms with van der Waals surface area (Å²) in [4.78, 5) is 30.8. The summed E-state index contributed by atoms with van der Waals surface area (Å²) < 4.78 is 5.54. The second-order valence-electron chi connectivity index (χ2n) is 8.46. The topological polar surface area (TPSA) is 61.9 Å². The van der Waals surface area contributed by atoms with Gasteiger partial charge in [-0.2, -0.15) is 0 Å². The lowest BCUT2D eigenvalue weighted by Crippen LogP contribution is -2.32. The molecule has 0 aliphatic carbocycles. The number of nitrogens with one attached hydrogen (secondary N) is 1. The fourth-order valence-corrected chi connectivity index (χ4v) is 4.35. The number of fused-ring (bicyclic) bond motifs is 1. The molecule has 1 aliphatic rings. The molecule has 0 saturated heterocycles. The third kappa shape index (κ3) is 3.89. The van der Waals surface area contributed by atoms with Crippen LogP contribution in [0.4, 0.5) is 17.1 Å². The van der Waals surface area contributed by atoms with Gasteiger partial charge in [-0.3, -0.25) is 9.59 Å². The van der Waals surface area contributed by atoms with Crippen molar-refractivity contribution < 1.29 is 14.3 Å². The van der Waals surface area contributed by atoms with Crippen molar-refractivity contribution in [2.24, 2.45) is 0 Å². The maximum absolute atomic E-state index is 13.8. The molecule has 174 valence electrons. The third-order valence-electron chi connectivity index (χ3n) is 6.13. The van der Waals surface area contributed by atoms with Crippen LogP contribution in [0.2, 0.25) is 0 Å². The normalized spacial score (nSPS) is 13.5. The molecular formula is C29H25N3O3. The van der Waals surface area contributed by atoms with Crippen LogP contribution in [0.25, 0.3) is 16.3 Å². The number of benzene rings is 4. The maximum atomic E-state index is 13.8. The number of hydrogen-bond acceptors (Lipinski definition) is 5. The van der Waals surface area contributed by atoms with Gasteiger partial charge in [0.1, 0.15) is 11.4 Å². The maximum Gasteiger partial charge on any atom is 0.282 e. The number of carbonyl (C=O) groups excluding carboxylic acids is 2. The van der Waals surface area contributed by atoms with Gasteiger partial charge >= 0.3 is 0 Å². The molecule has 0 spiro atoms. The monoisotopic (exact) mass is 463 g/mol. The molecule has 0 saturated carbocycles. The minimum Gasteiger partial charge on any atom is -0.496 e. The van der Waals surface area contributed by atoms with Gasteiger partial charge in [0.2, 0.25) is 0 Å². The van der Waals surface area contributed by atoms with E-state index in [0.29, 0.717) is 17.0 Å². The highest BCUT2D eigenvalue weighted by molar-refractivity contribution is 6.46. The number of anilines is 3. The molecule has 6 nitrogen and oxygen atoms in total. The molecule has 0 fully saturated rings. The number of amides is 2. The van der Waals surface area contributed by atoms with E-state index in [9.17, 15) is 9.59 Å². The van der Waals surface area contributed by atoms with E-state index < -0.39 is 11.8 Å². The van der Waals surface area contributed by atoms with Gasteiger partial charge in [-0.15, -0.1) is 0 Å². The zero-order valence-electron chi connectivity index (χ0n) is 19.8. The average molecular weight is 464 g/mol. The van der Waals surface area contributed by atoms with Crippen molar-refractivity contribution in [3.05, 3.63) is 102 Å². The van der Waals surface area contributed by atoms with E-state index >= 15 is 0 Å². The number of carbonyl (C=O) groups is 2. The van der Waals surface area contributed by atoms with Crippen molar-refractivity contribution in [2.75, 3.05) is 36.3 Å². The number of methoxy groups -OCH3 is 1. The molecule has 0 bridgehead atoms. The number of para-hydroxylation sites is 1. The first kappa shape index (κ1) is 22.2. The summed E-state index contributed by atoms with van der Waals surface area (Å²) in [5.74, 6) is -0.299. The predicted octanol–water partition coefficient (Wildman–Crippen LogP) is 5.31. The molecule has 0 unspecified atom stereocenters. The van der Waals surface area contributed by atoms with Crippen molar-refractivity contribution in [1.29, 1.82) is 0 Å². The summed E-state index contributed by atoms with van der Waals surface area (Å²) in [6, 6.07) is 28.3. The standard InChI is InChI=1S/C29H25N3O3/c1-31(2)20-15-17-21(18-16-20)32-28(33)26(23-12-6-7-14-25(23)35-3)27(29(32)34)30-24-13-8-10-19-9-4-5-11-22(19)24/h4-18,30H,1-3H3. The Bertz CT molecular complexity index is 1470. The molecule has 0 radical (unpaired) electrons. The molecule has 4 aromatic rings. The number of ether oxygens (including phenoxy) is 1. The van der Waals surface area contributed by atoms with Crippen LogP contribution in [0, 0.1) is 0 Å². The fraction of sp³-hybridized carbons (Fsp3) is 0.103. The lowest BCUT2D eigenvalue weighted by molar-refractivity contribution is -0.120. The highest BCUT2D eigenvalue weighted by atomic mass is 16.5. The summed E-state index contributed by atoms with van der Waals surface area (Å²) in [6.07, 6.45) is 0. The summed E-state index contributed by atoms with van der Waals surface area (Å²) in [5, 5.41) is 5.28. The lowest BCUT2D eigenvalue weighted by atomic mass is 10.0. The van der Waals surface area contributed by atoms with Crippen LogP contribution < -0.4 is 19.9 Å². The molecule has 0 aromatic heterocycles. The zero-order valence-corrected chi connectivity index (χ0v) is 19.8. The highest BCUT2D eigenvalue weighted by Crippen LogP contribution is 2.38. The minimum absolute atomic E-state index is 0.215. The van der Waals surface area contributed by atoms with Crippen LogP contribution in [-0.4, -0.2) is 33.0 Å². The first-order valence-corrected chi connectivity index (χ1v) is 11.3. The average Bonchev–Trinajstić information content (AvgIpc) is 3.13. The first-order valence-electron chi connectivity index (χ1n) is 11.3. The van der Waals surface area contributed by atoms with Crippen LogP contribution in [0.15, 0.2) is 96.7 Å². The van der Waals surface area contributed by atoms with E-state index in [0.717, 1.165) is 22.1 Å². The molecule has 6 heteroatoms. The fourth-order valence-electron chi connectivity index (χ4n) is 4.35. The number of imide groups is 1. The Morgan fingerprint density at radius 1 is 0.771 bits per heavy atom. The molecule has 1 heterocycles. The Morgan fingerprint density at radius 3 is 2.20 bits per heavy atom. The van der Waals surface area contributed by atoms with E-state index in [1.807, 2.05) is 85.7 Å². The van der Waals surface area contributed by atoms with E-state index in [1.54, 1.807) is 31.4 Å². The second-order valence-corrected chi connectivity index (χ2v) is 8.46. The largest absolute Gasteiger partial charge is 0.496 e. The molecule has 0 atom stereocenters. The molecule has 5 rings (SSSR count). The lowest BCUT2D eigenvalue weighted by Gasteiger charge is -2.18. The highest BCUT2D eigenvalue weighted by Gasteiger charge is 2.41. The Kier molecular flexibility index (Phi) is 5.71. The van der Waals surface area contributed by atoms with E-state index in [1.165, 1.54) is 4.90 Å². The number of nitrogens with zero attached hydrogens (tertiary/aromatic N) is 2. The Labute approximate surface area is 204 Å². The van der Waals surface area contributed by atoms with Gasteiger partial charge in [-0.1, -0.05) is 54.6 Å². The van der Waals surface area contributed by atoms with Crippen molar-refractivity contribution in [3.63, 3.8) is 0 Å². The van der Waals surface area contributed by atoms with Gasteiger partial charge < -0.3 is 15.0 Å². The molecule has 1 aliphatic heterocycles. The van der Waals surface area contributed by atoms with Crippen LogP contribution in [-0.2, 0) is 9.59 Å². The van der Waals surface area contributed by atoms with Crippen molar-refractivity contribution >= 4 is 45.2 Å². The quantitative estimate of drug-likeness (QED) is 0.393. The zero-order chi connectivity index (χ0) is 24.5. The molecule has 4 aromatic carbocycles. The van der Waals surface area contributed by atoms with Crippen LogP contribution in [0.5, 0.6) is 5.75 Å². The van der Waals surface area contributed by atoms with Crippen LogP contribution in [0.3, 0.4) is 0 Å². The predicted molar refractivity (Wildman–Crippen MR) is 141 cm³/mol. The SMILES string of the molecule is COc1ccccc1C1=C(Nc2cccc3ccccc23)C(=O)N(c2ccc(N(C)C)cc2)C1=O. The van der Waals surface area contributed by atoms with Gasteiger partial charge in [-0.25, -0.2) is 4.90 Å². The smallest absolute Gasteiger partial charge is 0.282 e. The van der Waals surface area contributed by atoms with Gasteiger partial charge in [0.05, 0.1) is 18.4 Å².